The van der Waals surface area contributed by atoms with Gasteiger partial charge in [-0.3, -0.25) is 0 Å². The Hall–Kier alpha value is -0.900. The van der Waals surface area contributed by atoms with Gasteiger partial charge in [-0.15, -0.1) is 0 Å². The summed E-state index contributed by atoms with van der Waals surface area (Å²) in [6.45, 7) is 10.7. The van der Waals surface area contributed by atoms with Crippen LogP contribution in [0.4, 0.5) is 0 Å². The van der Waals surface area contributed by atoms with Gasteiger partial charge in [-0.2, -0.15) is 0 Å². The van der Waals surface area contributed by atoms with Crippen LogP contribution in [-0.4, -0.2) is 33.1 Å². The van der Waals surface area contributed by atoms with Crippen molar-refractivity contribution in [3.63, 3.8) is 0 Å². The molecule has 3 fully saturated rings. The zero-order valence-electron chi connectivity index (χ0n) is 19.8. The van der Waals surface area contributed by atoms with Gasteiger partial charge in [0.2, 0.25) is 0 Å². The molecule has 0 aromatic rings. The van der Waals surface area contributed by atoms with Gasteiger partial charge in [0.15, 0.2) is 0 Å². The minimum Gasteiger partial charge on any atom is -0.393 e. The van der Waals surface area contributed by atoms with Crippen molar-refractivity contribution in [1.29, 1.82) is 0 Å². The smallest absolute Gasteiger partial charge is 0.0651 e. The van der Waals surface area contributed by atoms with Crippen molar-refractivity contribution in [2.24, 2.45) is 29.1 Å². The molecule has 3 N–H and O–H groups in total. The van der Waals surface area contributed by atoms with Crippen LogP contribution in [0.5, 0.6) is 0 Å². The molecule has 3 saturated carbocycles. The summed E-state index contributed by atoms with van der Waals surface area (Å²) in [4.78, 5) is 0. The Morgan fingerprint density at radius 3 is 2.23 bits per heavy atom. The van der Waals surface area contributed by atoms with E-state index in [9.17, 15) is 15.3 Å². The molecule has 0 radical (unpaired) electrons. The minimum absolute atomic E-state index is 0.163. The first-order chi connectivity index (χ1) is 14.0. The van der Waals surface area contributed by atoms with Crippen LogP contribution in [-0.2, 0) is 0 Å². The fourth-order valence-electron chi connectivity index (χ4n) is 6.18. The Balaban J connectivity index is 1.63. The topological polar surface area (TPSA) is 60.7 Å². The number of allylic oxidation sites excluding steroid dienone is 4. The Morgan fingerprint density at radius 2 is 1.60 bits per heavy atom. The number of rotatable bonds is 5. The third kappa shape index (κ3) is 5.47. The average molecular weight is 417 g/mol. The van der Waals surface area contributed by atoms with Crippen LogP contribution in [0.1, 0.15) is 86.0 Å². The monoisotopic (exact) mass is 416 g/mol. The molecule has 7 atom stereocenters. The number of hydrogen-bond donors (Lipinski definition) is 3. The molecular formula is C27H44O3. The van der Waals surface area contributed by atoms with Gasteiger partial charge in [0.25, 0.3) is 0 Å². The molecule has 3 aliphatic carbocycles. The molecule has 3 rings (SSSR count). The lowest BCUT2D eigenvalue weighted by Gasteiger charge is -2.43. The molecule has 0 bridgehead atoms. The lowest BCUT2D eigenvalue weighted by atomic mass is 9.61. The molecule has 170 valence electrons. The van der Waals surface area contributed by atoms with Crippen LogP contribution in [0.15, 0.2) is 35.5 Å². The highest BCUT2D eigenvalue weighted by atomic mass is 16.3. The van der Waals surface area contributed by atoms with Gasteiger partial charge in [-0.1, -0.05) is 56.2 Å². The summed E-state index contributed by atoms with van der Waals surface area (Å²) in [5.41, 5.74) is 2.47. The van der Waals surface area contributed by atoms with Crippen molar-refractivity contribution < 1.29 is 15.3 Å². The largest absolute Gasteiger partial charge is 0.393 e. The van der Waals surface area contributed by atoms with Gasteiger partial charge in [0.1, 0.15) is 0 Å². The zero-order valence-corrected chi connectivity index (χ0v) is 19.8. The fourth-order valence-corrected chi connectivity index (χ4v) is 6.18. The molecular weight excluding hydrogens is 372 g/mol. The number of aliphatic hydroxyl groups excluding tert-OH is 2. The van der Waals surface area contributed by atoms with Crippen molar-refractivity contribution in [3.05, 3.63) is 35.5 Å². The van der Waals surface area contributed by atoms with E-state index in [0.29, 0.717) is 30.6 Å². The summed E-state index contributed by atoms with van der Waals surface area (Å²) in [6.07, 6.45) is 16.4. The summed E-state index contributed by atoms with van der Waals surface area (Å²) in [5, 5.41) is 30.0. The Kier molecular flexibility index (Phi) is 7.37. The molecule has 0 amide bonds. The fraction of sp³-hybridized carbons (Fsp3) is 0.778. The maximum Gasteiger partial charge on any atom is 0.0651 e. The zero-order chi connectivity index (χ0) is 22.1. The van der Waals surface area contributed by atoms with Crippen LogP contribution in [0, 0.1) is 29.1 Å². The highest BCUT2D eigenvalue weighted by Gasteiger charge is 2.49. The highest BCUT2D eigenvalue weighted by Crippen LogP contribution is 2.58. The van der Waals surface area contributed by atoms with Gasteiger partial charge in [0, 0.05) is 5.92 Å². The van der Waals surface area contributed by atoms with Crippen molar-refractivity contribution in [2.45, 2.75) is 104 Å². The van der Waals surface area contributed by atoms with Crippen LogP contribution in [0.3, 0.4) is 0 Å². The quantitative estimate of drug-likeness (QED) is 0.514. The molecule has 0 saturated heterocycles. The van der Waals surface area contributed by atoms with E-state index in [-0.39, 0.29) is 5.92 Å². The van der Waals surface area contributed by atoms with Gasteiger partial charge in [-0.25, -0.2) is 0 Å². The molecule has 0 aliphatic heterocycles. The van der Waals surface area contributed by atoms with Crippen molar-refractivity contribution in [2.75, 3.05) is 0 Å². The van der Waals surface area contributed by atoms with E-state index in [2.05, 4.69) is 45.1 Å². The van der Waals surface area contributed by atoms with Gasteiger partial charge in [0.05, 0.1) is 17.8 Å². The second-order valence-corrected chi connectivity index (χ2v) is 11.4. The van der Waals surface area contributed by atoms with E-state index in [1.165, 1.54) is 31.3 Å². The summed E-state index contributed by atoms with van der Waals surface area (Å²) >= 11 is 0. The first-order valence-corrected chi connectivity index (χ1v) is 12.1. The van der Waals surface area contributed by atoms with E-state index in [1.807, 2.05) is 13.8 Å². The summed E-state index contributed by atoms with van der Waals surface area (Å²) in [5.74, 6) is 2.18. The maximum atomic E-state index is 10.2. The predicted octanol–water partition coefficient (Wildman–Crippen LogP) is 5.56. The predicted molar refractivity (Wildman–Crippen MR) is 124 cm³/mol. The Morgan fingerprint density at radius 1 is 0.967 bits per heavy atom. The lowest BCUT2D eigenvalue weighted by molar-refractivity contribution is 0.0435. The molecule has 3 aliphatic rings. The average Bonchev–Trinajstić information content (AvgIpc) is 2.99. The first kappa shape index (κ1) is 23.8. The second-order valence-electron chi connectivity index (χ2n) is 11.4. The highest BCUT2D eigenvalue weighted by molar-refractivity contribution is 5.23. The summed E-state index contributed by atoms with van der Waals surface area (Å²) in [6, 6.07) is 0. The molecule has 3 heteroatoms. The van der Waals surface area contributed by atoms with Crippen molar-refractivity contribution in [3.8, 4) is 0 Å². The van der Waals surface area contributed by atoms with Crippen LogP contribution >= 0.6 is 0 Å². The SMILES string of the molecule is C[C@H](/C=C/[C@H](C)C(C)(C)O)C1CCC2C/C(=C/C=C3CC(O)C[C@H](O)C3)CCC21C. The van der Waals surface area contributed by atoms with Gasteiger partial charge < -0.3 is 15.3 Å². The number of aliphatic hydroxyl groups is 3. The van der Waals surface area contributed by atoms with E-state index >= 15 is 0 Å². The first-order valence-electron chi connectivity index (χ1n) is 12.1. The maximum absolute atomic E-state index is 10.2. The van der Waals surface area contributed by atoms with Crippen LogP contribution in [0.25, 0.3) is 0 Å². The third-order valence-electron chi connectivity index (χ3n) is 8.65. The summed E-state index contributed by atoms with van der Waals surface area (Å²) in [7, 11) is 0. The standard InChI is InChI=1S/C27H44O3/c1-18(6-7-19(2)26(3,4)30)25-11-10-22-14-20(12-13-27(22,25)5)8-9-21-15-23(28)17-24(29)16-21/h6-9,18-19,22-25,28-30H,10-17H2,1-5H3/b7-6+,20-8+,21-9?/t18-,19+,22?,23-,24?,25?,27?/m1/s1. The van der Waals surface area contributed by atoms with Crippen molar-refractivity contribution in [1.82, 2.24) is 0 Å². The third-order valence-corrected chi connectivity index (χ3v) is 8.65. The molecule has 0 aromatic heterocycles. The lowest BCUT2D eigenvalue weighted by Crippen LogP contribution is -2.35. The van der Waals surface area contributed by atoms with Crippen LogP contribution in [0.2, 0.25) is 0 Å². The molecule has 4 unspecified atom stereocenters. The minimum atomic E-state index is -0.665. The van der Waals surface area contributed by atoms with E-state index in [1.54, 1.807) is 5.57 Å². The molecule has 0 aromatic carbocycles. The number of fused-ring (bicyclic) bond motifs is 1. The Labute approximate surface area is 184 Å². The van der Waals surface area contributed by atoms with Gasteiger partial charge in [-0.05, 0) is 88.4 Å². The molecule has 3 nitrogen and oxygen atoms in total. The molecule has 30 heavy (non-hydrogen) atoms. The van der Waals surface area contributed by atoms with Gasteiger partial charge >= 0.3 is 0 Å². The van der Waals surface area contributed by atoms with Crippen LogP contribution < -0.4 is 0 Å². The van der Waals surface area contributed by atoms with Crippen molar-refractivity contribution >= 4 is 0 Å². The normalized spacial score (nSPS) is 40.1. The van der Waals surface area contributed by atoms with E-state index in [4.69, 9.17) is 0 Å². The second kappa shape index (κ2) is 9.30. The summed E-state index contributed by atoms with van der Waals surface area (Å²) < 4.78 is 0. The van der Waals surface area contributed by atoms with E-state index < -0.39 is 17.8 Å². The Bertz CT molecular complexity index is 671. The number of hydrogen-bond acceptors (Lipinski definition) is 3. The molecule has 0 spiro atoms. The molecule has 0 heterocycles. The van der Waals surface area contributed by atoms with E-state index in [0.717, 1.165) is 18.3 Å².